The van der Waals surface area contributed by atoms with Gasteiger partial charge in [-0.1, -0.05) is 0 Å². The maximum Gasteiger partial charge on any atom is 0.331 e. The van der Waals surface area contributed by atoms with Gasteiger partial charge >= 0.3 is 12.1 Å². The summed E-state index contributed by atoms with van der Waals surface area (Å²) >= 11 is 0. The van der Waals surface area contributed by atoms with Crippen LogP contribution in [0.25, 0.3) is 0 Å². The molecule has 0 unspecified atom stereocenters. The Morgan fingerprint density at radius 3 is 2.09 bits per heavy atom. The van der Waals surface area contributed by atoms with Crippen molar-refractivity contribution in [2.45, 2.75) is 6.92 Å². The van der Waals surface area contributed by atoms with Gasteiger partial charge in [0.2, 0.25) is 5.91 Å². The summed E-state index contributed by atoms with van der Waals surface area (Å²) in [6.07, 6.45) is 0. The summed E-state index contributed by atoms with van der Waals surface area (Å²) in [6.45, 7) is 1.20. The number of nitrogens with two attached hydrogens (primary N) is 1. The highest BCUT2D eigenvalue weighted by atomic mass is 16.2. The van der Waals surface area contributed by atoms with Crippen LogP contribution in [0.1, 0.15) is 6.92 Å². The first-order valence-electron chi connectivity index (χ1n) is 2.80. The van der Waals surface area contributed by atoms with Crippen LogP contribution in [0.2, 0.25) is 0 Å². The van der Waals surface area contributed by atoms with E-state index in [-0.39, 0.29) is 0 Å². The molecule has 0 fully saturated rings. The number of urea groups is 2. The average molecular weight is 159 g/mol. The van der Waals surface area contributed by atoms with Gasteiger partial charge in [-0.15, -0.1) is 0 Å². The zero-order chi connectivity index (χ0) is 9.02. The van der Waals surface area contributed by atoms with Crippen LogP contribution in [0.4, 0.5) is 9.59 Å². The normalized spacial score (nSPS) is 8.55. The van der Waals surface area contributed by atoms with Gasteiger partial charge in [-0.3, -0.25) is 15.0 Å². The second kappa shape index (κ2) is 3.55. The molecule has 6 nitrogen and oxygen atoms in total. The fourth-order valence-corrected chi connectivity index (χ4v) is 0.332. The predicted octanol–water partition coefficient (Wildman–Crippen LogP) is -0.747. The topological polar surface area (TPSA) is 92.5 Å². The molecule has 0 rings (SSSR count). The summed E-state index contributed by atoms with van der Waals surface area (Å²) in [5.41, 5.74) is 4.62. The van der Waals surface area contributed by atoms with Crippen molar-refractivity contribution in [3.63, 3.8) is 0 Å². The van der Waals surface area contributed by atoms with E-state index < -0.39 is 18.0 Å². The zero-order valence-corrected chi connectivity index (χ0v) is 6.25. The van der Waals surface area contributed by atoms with Gasteiger partial charge in [0.25, 0.3) is 0 Å². The quantitative estimate of drug-likeness (QED) is 0.487. The lowest BCUT2D eigenvalue weighted by molar-refractivity contribution is -0.124. The van der Waals surface area contributed by atoms with Gasteiger partial charge in [0.1, 0.15) is 0 Å². The third kappa shape index (κ3) is 3.19. The summed E-state index contributed by atoms with van der Waals surface area (Å²) in [5.74, 6) is -0.469. The summed E-state index contributed by atoms with van der Waals surface area (Å²) in [4.78, 5) is 32.0. The van der Waals surface area contributed by atoms with Gasteiger partial charge in [0, 0.05) is 14.0 Å². The number of nitrogens with one attached hydrogen (secondary N) is 1. The first kappa shape index (κ1) is 9.41. The van der Waals surface area contributed by atoms with Gasteiger partial charge in [-0.25, -0.2) is 9.59 Å². The lowest BCUT2D eigenvalue weighted by atomic mass is 10.6. The molecule has 0 saturated carbocycles. The van der Waals surface area contributed by atoms with Gasteiger partial charge in [-0.2, -0.15) is 0 Å². The standard InChI is InChI=1S/C5H9N3O3/c1-3(9)8(2)5(11)7-4(6)10/h1-2H3,(H3,6,7,10,11). The fourth-order valence-electron chi connectivity index (χ4n) is 0.332. The van der Waals surface area contributed by atoms with E-state index >= 15 is 0 Å². The number of carbonyl (C=O) groups is 3. The Hall–Kier alpha value is -1.59. The minimum Gasteiger partial charge on any atom is -0.351 e. The highest BCUT2D eigenvalue weighted by Crippen LogP contribution is 1.83. The number of amides is 5. The molecule has 0 radical (unpaired) electrons. The summed E-state index contributed by atoms with van der Waals surface area (Å²) < 4.78 is 0. The summed E-state index contributed by atoms with van der Waals surface area (Å²) in [5, 5.41) is 1.73. The van der Waals surface area contributed by atoms with E-state index in [4.69, 9.17) is 0 Å². The van der Waals surface area contributed by atoms with Crippen molar-refractivity contribution in [2.24, 2.45) is 5.73 Å². The lowest BCUT2D eigenvalue weighted by Crippen LogP contribution is -2.44. The number of nitrogens with zero attached hydrogens (tertiary/aromatic N) is 1. The SMILES string of the molecule is CC(=O)N(C)C(=O)NC(N)=O. The number of imide groups is 2. The molecule has 0 aliphatic rings. The molecule has 0 aromatic heterocycles. The molecule has 0 spiro atoms. The van der Waals surface area contributed by atoms with Crippen molar-refractivity contribution in [2.75, 3.05) is 7.05 Å². The number of carbonyl (C=O) groups excluding carboxylic acids is 3. The Balaban J connectivity index is 4.04. The number of rotatable bonds is 0. The highest BCUT2D eigenvalue weighted by molar-refractivity contribution is 6.00. The van der Waals surface area contributed by atoms with E-state index in [2.05, 4.69) is 5.73 Å². The van der Waals surface area contributed by atoms with E-state index in [1.54, 1.807) is 5.32 Å². The van der Waals surface area contributed by atoms with Crippen LogP contribution in [-0.2, 0) is 4.79 Å². The van der Waals surface area contributed by atoms with Crippen molar-refractivity contribution < 1.29 is 14.4 Å². The highest BCUT2D eigenvalue weighted by Gasteiger charge is 2.12. The Kier molecular flexibility index (Phi) is 3.03. The Morgan fingerprint density at radius 2 is 1.82 bits per heavy atom. The molecule has 0 aliphatic carbocycles. The first-order valence-corrected chi connectivity index (χ1v) is 2.80. The minimum absolute atomic E-state index is 0.469. The van der Waals surface area contributed by atoms with E-state index in [9.17, 15) is 14.4 Å². The van der Waals surface area contributed by atoms with Gasteiger partial charge in [-0.05, 0) is 0 Å². The van der Waals surface area contributed by atoms with E-state index in [0.29, 0.717) is 0 Å². The van der Waals surface area contributed by atoms with Crippen molar-refractivity contribution >= 4 is 18.0 Å². The second-order valence-corrected chi connectivity index (χ2v) is 1.87. The third-order valence-corrected chi connectivity index (χ3v) is 1.01. The van der Waals surface area contributed by atoms with Crippen LogP contribution >= 0.6 is 0 Å². The van der Waals surface area contributed by atoms with Gasteiger partial charge in [0.05, 0.1) is 0 Å². The van der Waals surface area contributed by atoms with Crippen LogP contribution in [0.5, 0.6) is 0 Å². The molecule has 0 aromatic rings. The molecule has 0 aromatic carbocycles. The minimum atomic E-state index is -0.983. The van der Waals surface area contributed by atoms with Crippen LogP contribution in [0.3, 0.4) is 0 Å². The molecule has 62 valence electrons. The van der Waals surface area contributed by atoms with Crippen LogP contribution in [-0.4, -0.2) is 29.9 Å². The van der Waals surface area contributed by atoms with Gasteiger partial charge in [0.15, 0.2) is 0 Å². The maximum atomic E-state index is 10.7. The van der Waals surface area contributed by atoms with Crippen molar-refractivity contribution in [3.05, 3.63) is 0 Å². The number of hydrogen-bond acceptors (Lipinski definition) is 3. The molecule has 0 heterocycles. The van der Waals surface area contributed by atoms with E-state index in [1.807, 2.05) is 0 Å². The molecular weight excluding hydrogens is 150 g/mol. The second-order valence-electron chi connectivity index (χ2n) is 1.87. The van der Waals surface area contributed by atoms with Crippen LogP contribution in [0.15, 0.2) is 0 Å². The molecule has 3 N–H and O–H groups in total. The fraction of sp³-hybridized carbons (Fsp3) is 0.400. The molecule has 0 atom stereocenters. The number of primary amides is 1. The molecule has 0 bridgehead atoms. The van der Waals surface area contributed by atoms with E-state index in [1.165, 1.54) is 14.0 Å². The maximum absolute atomic E-state index is 10.7. The predicted molar refractivity (Wildman–Crippen MR) is 36.6 cm³/mol. The van der Waals surface area contributed by atoms with Crippen LogP contribution in [0, 0.1) is 0 Å². The molecular formula is C5H9N3O3. The monoisotopic (exact) mass is 159 g/mol. The van der Waals surface area contributed by atoms with Gasteiger partial charge < -0.3 is 5.73 Å². The molecule has 0 aliphatic heterocycles. The first-order chi connectivity index (χ1) is 4.95. The summed E-state index contributed by atoms with van der Waals surface area (Å²) in [6, 6.07) is -1.81. The van der Waals surface area contributed by atoms with Crippen molar-refractivity contribution in [1.82, 2.24) is 10.2 Å². The molecule has 5 amide bonds. The van der Waals surface area contributed by atoms with Crippen molar-refractivity contribution in [1.29, 1.82) is 0 Å². The Bertz CT molecular complexity index is 201. The number of hydrogen-bond donors (Lipinski definition) is 2. The van der Waals surface area contributed by atoms with E-state index in [0.717, 1.165) is 4.90 Å². The summed E-state index contributed by atoms with van der Waals surface area (Å²) in [7, 11) is 1.24. The van der Waals surface area contributed by atoms with Crippen molar-refractivity contribution in [3.8, 4) is 0 Å². The Morgan fingerprint density at radius 1 is 1.36 bits per heavy atom. The molecule has 11 heavy (non-hydrogen) atoms. The zero-order valence-electron chi connectivity index (χ0n) is 6.25. The Labute approximate surface area is 63.3 Å². The third-order valence-electron chi connectivity index (χ3n) is 1.01. The molecule has 0 saturated heterocycles. The lowest BCUT2D eigenvalue weighted by Gasteiger charge is -2.11. The largest absolute Gasteiger partial charge is 0.351 e. The average Bonchev–Trinajstić information content (AvgIpc) is 1.84. The van der Waals surface area contributed by atoms with Crippen LogP contribution < -0.4 is 11.1 Å². The molecule has 6 heteroatoms. The smallest absolute Gasteiger partial charge is 0.331 e.